The third-order valence-electron chi connectivity index (χ3n) is 3.65. The van der Waals surface area contributed by atoms with Crippen LogP contribution in [0.4, 0.5) is 4.39 Å². The van der Waals surface area contributed by atoms with E-state index in [4.69, 9.17) is 0 Å². The molecule has 1 aromatic heterocycles. The monoisotopic (exact) mass is 336 g/mol. The van der Waals surface area contributed by atoms with Gasteiger partial charge >= 0.3 is 0 Å². The number of rotatable bonds is 6. The van der Waals surface area contributed by atoms with Crippen molar-refractivity contribution in [2.45, 2.75) is 31.2 Å². The van der Waals surface area contributed by atoms with Crippen molar-refractivity contribution >= 4 is 17.7 Å². The van der Waals surface area contributed by atoms with E-state index in [9.17, 15) is 9.18 Å². The van der Waals surface area contributed by atoms with E-state index < -0.39 is 0 Å². The van der Waals surface area contributed by atoms with Gasteiger partial charge in [0, 0.05) is 20.1 Å². The number of nitrogens with zero attached hydrogens (tertiary/aromatic N) is 4. The Morgan fingerprint density at radius 2 is 1.96 bits per heavy atom. The van der Waals surface area contributed by atoms with Gasteiger partial charge in [0.2, 0.25) is 5.91 Å². The molecule has 0 aliphatic heterocycles. The number of carbonyl (C=O) groups excluding carboxylic acids is 1. The van der Waals surface area contributed by atoms with Crippen molar-refractivity contribution in [1.82, 2.24) is 19.7 Å². The number of thioether (sulfide) groups is 1. The van der Waals surface area contributed by atoms with Crippen molar-refractivity contribution in [1.29, 1.82) is 0 Å². The first kappa shape index (κ1) is 17.5. The van der Waals surface area contributed by atoms with Crippen molar-refractivity contribution in [3.05, 3.63) is 30.1 Å². The smallest absolute Gasteiger partial charge is 0.235 e. The van der Waals surface area contributed by atoms with Crippen molar-refractivity contribution in [3.63, 3.8) is 0 Å². The first-order chi connectivity index (χ1) is 11.0. The van der Waals surface area contributed by atoms with Gasteiger partial charge in [0.25, 0.3) is 0 Å². The van der Waals surface area contributed by atoms with Gasteiger partial charge in [-0.25, -0.2) is 4.39 Å². The van der Waals surface area contributed by atoms with Gasteiger partial charge in [-0.05, 0) is 32.9 Å². The van der Waals surface area contributed by atoms with E-state index in [1.54, 1.807) is 34.7 Å². The minimum absolute atomic E-state index is 0.0652. The molecule has 0 aliphatic rings. The first-order valence-electron chi connectivity index (χ1n) is 7.59. The second kappa shape index (κ2) is 7.59. The lowest BCUT2D eigenvalue weighted by Gasteiger charge is -2.22. The maximum absolute atomic E-state index is 13.9. The van der Waals surface area contributed by atoms with E-state index in [0.29, 0.717) is 29.6 Å². The number of halogens is 1. The molecule has 0 fully saturated rings. The van der Waals surface area contributed by atoms with E-state index in [1.807, 2.05) is 20.8 Å². The largest absolute Gasteiger partial charge is 0.342 e. The topological polar surface area (TPSA) is 51.0 Å². The molecule has 1 amide bonds. The summed E-state index contributed by atoms with van der Waals surface area (Å²) in [5, 5.41) is 8.50. The van der Waals surface area contributed by atoms with Crippen LogP contribution in [-0.2, 0) is 11.8 Å². The number of amides is 1. The highest BCUT2D eigenvalue weighted by Crippen LogP contribution is 2.27. The van der Waals surface area contributed by atoms with Crippen LogP contribution in [0.2, 0.25) is 0 Å². The Morgan fingerprint density at radius 1 is 1.30 bits per heavy atom. The number of carbonyl (C=O) groups is 1. The summed E-state index contributed by atoms with van der Waals surface area (Å²) in [7, 11) is 1.78. The molecule has 23 heavy (non-hydrogen) atoms. The van der Waals surface area contributed by atoms with Gasteiger partial charge in [0.15, 0.2) is 11.0 Å². The number of benzene rings is 1. The van der Waals surface area contributed by atoms with Gasteiger partial charge < -0.3 is 9.47 Å². The number of hydrogen-bond donors (Lipinski definition) is 0. The Kier molecular flexibility index (Phi) is 5.76. The van der Waals surface area contributed by atoms with Crippen LogP contribution in [0.25, 0.3) is 11.4 Å². The maximum atomic E-state index is 13.9. The fourth-order valence-corrected chi connectivity index (χ4v) is 3.19. The highest BCUT2D eigenvalue weighted by molar-refractivity contribution is 8.00. The molecule has 0 radical (unpaired) electrons. The van der Waals surface area contributed by atoms with E-state index in [2.05, 4.69) is 10.2 Å². The lowest BCUT2D eigenvalue weighted by Crippen LogP contribution is -2.36. The van der Waals surface area contributed by atoms with E-state index in [1.165, 1.54) is 17.8 Å². The Hall–Kier alpha value is -1.89. The molecule has 0 bridgehead atoms. The molecule has 1 aromatic carbocycles. The predicted molar refractivity (Wildman–Crippen MR) is 89.6 cm³/mol. The van der Waals surface area contributed by atoms with Crippen LogP contribution in [0.5, 0.6) is 0 Å². The van der Waals surface area contributed by atoms with Crippen LogP contribution in [0.15, 0.2) is 29.4 Å². The van der Waals surface area contributed by atoms with Gasteiger partial charge in [-0.2, -0.15) is 0 Å². The minimum Gasteiger partial charge on any atom is -0.342 e. The van der Waals surface area contributed by atoms with Gasteiger partial charge in [-0.1, -0.05) is 23.9 Å². The van der Waals surface area contributed by atoms with Gasteiger partial charge in [-0.15, -0.1) is 10.2 Å². The van der Waals surface area contributed by atoms with Crippen molar-refractivity contribution in [2.24, 2.45) is 7.05 Å². The van der Waals surface area contributed by atoms with Gasteiger partial charge in [-0.3, -0.25) is 4.79 Å². The first-order valence-corrected chi connectivity index (χ1v) is 8.47. The number of hydrogen-bond acceptors (Lipinski definition) is 4. The molecule has 1 heterocycles. The molecule has 0 spiro atoms. The molecule has 2 aromatic rings. The Bertz CT molecular complexity index is 684. The standard InChI is InChI=1S/C16H21FN4OS/c1-5-21(6-2)15(22)11(3)23-16-19-18-14(20(16)4)12-9-7-8-10-13(12)17/h7-11H,5-6H2,1-4H3. The fraction of sp³-hybridized carbons (Fsp3) is 0.438. The second-order valence-electron chi connectivity index (χ2n) is 5.12. The van der Waals surface area contributed by atoms with Gasteiger partial charge in [0.05, 0.1) is 10.8 Å². The summed E-state index contributed by atoms with van der Waals surface area (Å²) in [6.45, 7) is 7.12. The normalized spacial score (nSPS) is 12.2. The van der Waals surface area contributed by atoms with E-state index >= 15 is 0 Å². The van der Waals surface area contributed by atoms with Crippen LogP contribution >= 0.6 is 11.8 Å². The Balaban J connectivity index is 2.20. The summed E-state index contributed by atoms with van der Waals surface area (Å²) in [5.74, 6) is 0.176. The zero-order chi connectivity index (χ0) is 17.0. The SMILES string of the molecule is CCN(CC)C(=O)C(C)Sc1nnc(-c2ccccc2F)n1C. The highest BCUT2D eigenvalue weighted by atomic mass is 32.2. The molecular weight excluding hydrogens is 315 g/mol. The molecule has 124 valence electrons. The molecular formula is C16H21FN4OS. The summed E-state index contributed by atoms with van der Waals surface area (Å²) in [5.41, 5.74) is 0.400. The molecule has 5 nitrogen and oxygen atoms in total. The lowest BCUT2D eigenvalue weighted by molar-refractivity contribution is -0.129. The van der Waals surface area contributed by atoms with E-state index in [-0.39, 0.29) is 17.0 Å². The minimum atomic E-state index is -0.341. The second-order valence-corrected chi connectivity index (χ2v) is 6.42. The molecule has 0 saturated heterocycles. The Labute approximate surface area is 139 Å². The molecule has 0 aliphatic carbocycles. The third-order valence-corrected chi connectivity index (χ3v) is 4.78. The summed E-state index contributed by atoms with van der Waals surface area (Å²) >= 11 is 1.33. The molecule has 1 unspecified atom stereocenters. The molecule has 7 heteroatoms. The van der Waals surface area contributed by atoms with Crippen LogP contribution in [0.3, 0.4) is 0 Å². The summed E-state index contributed by atoms with van der Waals surface area (Å²) in [4.78, 5) is 14.1. The van der Waals surface area contributed by atoms with Gasteiger partial charge in [0.1, 0.15) is 5.82 Å². The Morgan fingerprint density at radius 3 is 2.57 bits per heavy atom. The molecule has 2 rings (SSSR count). The van der Waals surface area contributed by atoms with Crippen LogP contribution in [0.1, 0.15) is 20.8 Å². The van der Waals surface area contributed by atoms with Crippen LogP contribution in [0, 0.1) is 5.82 Å². The summed E-state index contributed by atoms with van der Waals surface area (Å²) in [6.07, 6.45) is 0. The summed E-state index contributed by atoms with van der Waals surface area (Å²) in [6, 6.07) is 6.45. The zero-order valence-corrected chi connectivity index (χ0v) is 14.6. The molecule has 1 atom stereocenters. The zero-order valence-electron chi connectivity index (χ0n) is 13.8. The average molecular weight is 336 g/mol. The average Bonchev–Trinajstić information content (AvgIpc) is 2.90. The van der Waals surface area contributed by atoms with Crippen LogP contribution < -0.4 is 0 Å². The van der Waals surface area contributed by atoms with Crippen LogP contribution in [-0.4, -0.2) is 43.9 Å². The predicted octanol–water partition coefficient (Wildman–Crippen LogP) is 2.97. The summed E-state index contributed by atoms with van der Waals surface area (Å²) < 4.78 is 15.6. The molecule has 0 N–H and O–H groups in total. The number of aromatic nitrogens is 3. The fourth-order valence-electron chi connectivity index (χ4n) is 2.30. The van der Waals surface area contributed by atoms with Crippen molar-refractivity contribution < 1.29 is 9.18 Å². The highest BCUT2D eigenvalue weighted by Gasteiger charge is 2.23. The van der Waals surface area contributed by atoms with Crippen molar-refractivity contribution in [2.75, 3.05) is 13.1 Å². The maximum Gasteiger partial charge on any atom is 0.235 e. The molecule has 0 saturated carbocycles. The quantitative estimate of drug-likeness (QED) is 0.761. The van der Waals surface area contributed by atoms with Crippen molar-refractivity contribution in [3.8, 4) is 11.4 Å². The van der Waals surface area contributed by atoms with E-state index in [0.717, 1.165) is 0 Å². The third kappa shape index (κ3) is 3.72. The lowest BCUT2D eigenvalue weighted by atomic mass is 10.2.